The minimum atomic E-state index is -0.440. The fourth-order valence-corrected chi connectivity index (χ4v) is 2.32. The predicted octanol–water partition coefficient (Wildman–Crippen LogP) is 3.08. The largest absolute Gasteiger partial charge is 0.346 e. The van der Waals surface area contributed by atoms with Crippen LogP contribution in [-0.4, -0.2) is 12.5 Å². The number of benzene rings is 1. The molecule has 100 valence electrons. The summed E-state index contributed by atoms with van der Waals surface area (Å²) in [7, 11) is 0. The van der Waals surface area contributed by atoms with E-state index >= 15 is 0 Å². The molecule has 1 aromatic carbocycles. The van der Waals surface area contributed by atoms with Crippen molar-refractivity contribution in [2.45, 2.75) is 32.2 Å². The molecule has 0 saturated carbocycles. The standard InChI is InChI=1S/C13H18Cl2N2O/c1-3-13(4-2,17-12(18)8-16)9-5-6-10(14)11(15)7-9/h5-7H,3-4,8,16H2,1-2H3,(H,17,18). The monoisotopic (exact) mass is 288 g/mol. The highest BCUT2D eigenvalue weighted by molar-refractivity contribution is 6.42. The molecular weight excluding hydrogens is 271 g/mol. The first-order chi connectivity index (χ1) is 8.49. The molecule has 0 heterocycles. The lowest BCUT2D eigenvalue weighted by molar-refractivity contribution is -0.121. The predicted molar refractivity (Wildman–Crippen MR) is 75.9 cm³/mol. The fraction of sp³-hybridized carbons (Fsp3) is 0.462. The van der Waals surface area contributed by atoms with Crippen LogP contribution in [0, 0.1) is 0 Å². The fourth-order valence-electron chi connectivity index (χ4n) is 2.02. The van der Waals surface area contributed by atoms with E-state index in [4.69, 9.17) is 28.9 Å². The number of hydrogen-bond acceptors (Lipinski definition) is 2. The summed E-state index contributed by atoms with van der Waals surface area (Å²) >= 11 is 11.9. The van der Waals surface area contributed by atoms with E-state index in [2.05, 4.69) is 5.32 Å². The quantitative estimate of drug-likeness (QED) is 0.875. The van der Waals surface area contributed by atoms with E-state index < -0.39 is 5.54 Å². The Hall–Kier alpha value is -0.770. The molecule has 0 atom stereocenters. The van der Waals surface area contributed by atoms with Crippen molar-refractivity contribution >= 4 is 29.1 Å². The minimum Gasteiger partial charge on any atom is -0.346 e. The van der Waals surface area contributed by atoms with Gasteiger partial charge in [0, 0.05) is 0 Å². The zero-order valence-corrected chi connectivity index (χ0v) is 12.1. The average Bonchev–Trinajstić information content (AvgIpc) is 2.39. The molecular formula is C13H18Cl2N2O. The number of carbonyl (C=O) groups excluding carboxylic acids is 1. The van der Waals surface area contributed by atoms with Gasteiger partial charge in [0.2, 0.25) is 5.91 Å². The van der Waals surface area contributed by atoms with Gasteiger partial charge >= 0.3 is 0 Å². The van der Waals surface area contributed by atoms with Crippen LogP contribution in [0.15, 0.2) is 18.2 Å². The van der Waals surface area contributed by atoms with Crippen molar-refractivity contribution in [2.75, 3.05) is 6.54 Å². The van der Waals surface area contributed by atoms with Crippen molar-refractivity contribution in [1.29, 1.82) is 0 Å². The number of nitrogens with two attached hydrogens (primary N) is 1. The number of halogens is 2. The molecule has 18 heavy (non-hydrogen) atoms. The van der Waals surface area contributed by atoms with Crippen LogP contribution in [0.1, 0.15) is 32.3 Å². The topological polar surface area (TPSA) is 55.1 Å². The third-order valence-electron chi connectivity index (χ3n) is 3.24. The normalized spacial score (nSPS) is 11.4. The van der Waals surface area contributed by atoms with Gasteiger partial charge in [0.1, 0.15) is 0 Å². The van der Waals surface area contributed by atoms with E-state index in [0.717, 1.165) is 18.4 Å². The zero-order valence-electron chi connectivity index (χ0n) is 10.6. The number of amides is 1. The van der Waals surface area contributed by atoms with Crippen molar-refractivity contribution in [1.82, 2.24) is 5.32 Å². The Morgan fingerprint density at radius 1 is 1.28 bits per heavy atom. The Labute approximate surface area is 118 Å². The van der Waals surface area contributed by atoms with Crippen LogP contribution >= 0.6 is 23.2 Å². The molecule has 0 unspecified atom stereocenters. The summed E-state index contributed by atoms with van der Waals surface area (Å²) in [5.41, 5.74) is 5.87. The van der Waals surface area contributed by atoms with Gasteiger partial charge in [-0.1, -0.05) is 43.1 Å². The maximum Gasteiger partial charge on any atom is 0.234 e. The van der Waals surface area contributed by atoms with Crippen LogP contribution in [0.3, 0.4) is 0 Å². The van der Waals surface area contributed by atoms with Crippen LogP contribution < -0.4 is 11.1 Å². The second-order valence-electron chi connectivity index (χ2n) is 4.17. The van der Waals surface area contributed by atoms with Gasteiger partial charge in [0.25, 0.3) is 0 Å². The molecule has 0 radical (unpaired) electrons. The number of nitrogens with one attached hydrogen (secondary N) is 1. The average molecular weight is 289 g/mol. The zero-order chi connectivity index (χ0) is 13.8. The van der Waals surface area contributed by atoms with Crippen LogP contribution in [-0.2, 0) is 10.3 Å². The smallest absolute Gasteiger partial charge is 0.234 e. The third-order valence-corrected chi connectivity index (χ3v) is 3.98. The van der Waals surface area contributed by atoms with Crippen molar-refractivity contribution in [3.8, 4) is 0 Å². The SMILES string of the molecule is CCC(CC)(NC(=O)CN)c1ccc(Cl)c(Cl)c1. The molecule has 0 aliphatic heterocycles. The lowest BCUT2D eigenvalue weighted by Crippen LogP contribution is -2.47. The van der Waals surface area contributed by atoms with Crippen molar-refractivity contribution in [3.63, 3.8) is 0 Å². The highest BCUT2D eigenvalue weighted by atomic mass is 35.5. The van der Waals surface area contributed by atoms with E-state index in [1.54, 1.807) is 12.1 Å². The molecule has 5 heteroatoms. The first kappa shape index (κ1) is 15.3. The van der Waals surface area contributed by atoms with Crippen LogP contribution in [0.4, 0.5) is 0 Å². The van der Waals surface area contributed by atoms with Crippen LogP contribution in [0.5, 0.6) is 0 Å². The molecule has 3 N–H and O–H groups in total. The molecule has 0 aromatic heterocycles. The Kier molecular flexibility index (Phi) is 5.45. The summed E-state index contributed by atoms with van der Waals surface area (Å²) in [5, 5.41) is 3.97. The molecule has 0 aliphatic rings. The number of carbonyl (C=O) groups is 1. The van der Waals surface area contributed by atoms with Gasteiger partial charge in [0.15, 0.2) is 0 Å². The molecule has 0 bridgehead atoms. The Morgan fingerprint density at radius 3 is 2.33 bits per heavy atom. The van der Waals surface area contributed by atoms with Gasteiger partial charge in [-0.25, -0.2) is 0 Å². The Morgan fingerprint density at radius 2 is 1.89 bits per heavy atom. The molecule has 0 saturated heterocycles. The molecule has 1 aromatic rings. The highest BCUT2D eigenvalue weighted by Gasteiger charge is 2.30. The summed E-state index contributed by atoms with van der Waals surface area (Å²) in [6.45, 7) is 4.01. The summed E-state index contributed by atoms with van der Waals surface area (Å²) in [6, 6.07) is 5.43. The van der Waals surface area contributed by atoms with Gasteiger partial charge in [-0.2, -0.15) is 0 Å². The molecule has 0 aliphatic carbocycles. The van der Waals surface area contributed by atoms with Gasteiger partial charge in [-0.15, -0.1) is 0 Å². The maximum atomic E-state index is 11.6. The molecule has 1 rings (SSSR count). The molecule has 0 fully saturated rings. The third kappa shape index (κ3) is 3.16. The van der Waals surface area contributed by atoms with Crippen molar-refractivity contribution in [2.24, 2.45) is 5.73 Å². The first-order valence-electron chi connectivity index (χ1n) is 5.95. The minimum absolute atomic E-state index is 0.0247. The second kappa shape index (κ2) is 6.41. The summed E-state index contributed by atoms with van der Waals surface area (Å²) < 4.78 is 0. The second-order valence-corrected chi connectivity index (χ2v) is 4.98. The summed E-state index contributed by atoms with van der Waals surface area (Å²) in [4.78, 5) is 11.6. The summed E-state index contributed by atoms with van der Waals surface area (Å²) in [5.74, 6) is -0.176. The maximum absolute atomic E-state index is 11.6. The van der Waals surface area contributed by atoms with Crippen LogP contribution in [0.25, 0.3) is 0 Å². The van der Waals surface area contributed by atoms with Gasteiger partial charge in [-0.3, -0.25) is 4.79 Å². The molecule has 0 spiro atoms. The lowest BCUT2D eigenvalue weighted by Gasteiger charge is -2.33. The van der Waals surface area contributed by atoms with Gasteiger partial charge in [-0.05, 0) is 30.5 Å². The van der Waals surface area contributed by atoms with Crippen LogP contribution in [0.2, 0.25) is 10.0 Å². The number of rotatable bonds is 5. The Bertz CT molecular complexity index is 431. The van der Waals surface area contributed by atoms with E-state index in [1.165, 1.54) is 0 Å². The van der Waals surface area contributed by atoms with E-state index in [9.17, 15) is 4.79 Å². The van der Waals surface area contributed by atoms with Gasteiger partial charge in [0.05, 0.1) is 22.1 Å². The summed E-state index contributed by atoms with van der Waals surface area (Å²) in [6.07, 6.45) is 1.51. The van der Waals surface area contributed by atoms with Crippen molar-refractivity contribution < 1.29 is 4.79 Å². The molecule has 3 nitrogen and oxygen atoms in total. The Balaban J connectivity index is 3.17. The van der Waals surface area contributed by atoms with E-state index in [-0.39, 0.29) is 12.5 Å². The van der Waals surface area contributed by atoms with Gasteiger partial charge < -0.3 is 11.1 Å². The lowest BCUT2D eigenvalue weighted by atomic mass is 9.84. The van der Waals surface area contributed by atoms with E-state index in [1.807, 2.05) is 19.9 Å². The van der Waals surface area contributed by atoms with Crippen molar-refractivity contribution in [3.05, 3.63) is 33.8 Å². The number of hydrogen-bond donors (Lipinski definition) is 2. The first-order valence-corrected chi connectivity index (χ1v) is 6.71. The van der Waals surface area contributed by atoms with E-state index in [0.29, 0.717) is 10.0 Å². The highest BCUT2D eigenvalue weighted by Crippen LogP contribution is 2.33. The molecule has 1 amide bonds.